The lowest BCUT2D eigenvalue weighted by molar-refractivity contribution is -0.131. The molecule has 0 aromatic heterocycles. The van der Waals surface area contributed by atoms with Crippen molar-refractivity contribution in [2.45, 2.75) is 128 Å². The Hall–Kier alpha value is 0.880. The van der Waals surface area contributed by atoms with E-state index in [1.54, 1.807) is 0 Å². The highest BCUT2D eigenvalue weighted by molar-refractivity contribution is 8.60. The van der Waals surface area contributed by atoms with E-state index in [9.17, 15) is 0 Å². The van der Waals surface area contributed by atoms with E-state index >= 15 is 0 Å². The zero-order valence-corrected chi connectivity index (χ0v) is 23.3. The molecule has 0 unspecified atom stereocenters. The second-order valence-corrected chi connectivity index (χ2v) is 18.5. The van der Waals surface area contributed by atoms with Crippen LogP contribution in [0.1, 0.15) is 105 Å². The minimum atomic E-state index is -2.46. The van der Waals surface area contributed by atoms with Crippen molar-refractivity contribution in [1.82, 2.24) is 5.32 Å². The molecule has 8 saturated carbocycles. The van der Waals surface area contributed by atoms with E-state index in [-0.39, 0.29) is 11.2 Å². The van der Waals surface area contributed by atoms with Gasteiger partial charge in [-0.3, -0.25) is 0 Å². The van der Waals surface area contributed by atoms with Gasteiger partial charge in [0.25, 0.3) is 0 Å². The first-order chi connectivity index (χ1) is 15.0. The molecule has 0 amide bonds. The highest BCUT2D eigenvalue weighted by Gasteiger charge is 2.56. The molecule has 8 aliphatic rings. The third-order valence-electron chi connectivity index (χ3n) is 9.25. The Kier molecular flexibility index (Phi) is 6.97. The Morgan fingerprint density at radius 3 is 1.09 bits per heavy atom. The van der Waals surface area contributed by atoms with E-state index in [2.05, 4.69) is 33.0 Å². The average molecular weight is 500 g/mol. The van der Waals surface area contributed by atoms with E-state index in [1.807, 2.05) is 0 Å². The molecule has 3 nitrogen and oxygen atoms in total. The van der Waals surface area contributed by atoms with Gasteiger partial charge in [-0.1, -0.05) is 39.9 Å². The fourth-order valence-corrected chi connectivity index (χ4v) is 12.9. The summed E-state index contributed by atoms with van der Waals surface area (Å²) in [7, 11) is 0. The van der Waals surface area contributed by atoms with Gasteiger partial charge in [-0.25, -0.2) is 0 Å². The SMILES string of the molecule is CC(C)NC(C)C.S=P(S)(OC12CC3CC(CC(C3)C1)C2)OC12CC3CC(CC(C3)C1)C2. The number of thiol groups is 1. The summed E-state index contributed by atoms with van der Waals surface area (Å²) < 4.78 is 13.5. The molecular formula is C26H46NO2PS2. The van der Waals surface area contributed by atoms with Crippen LogP contribution in [-0.4, -0.2) is 23.3 Å². The predicted octanol–water partition coefficient (Wildman–Crippen LogP) is 7.50. The minimum absolute atomic E-state index is 0.0221. The van der Waals surface area contributed by atoms with Gasteiger partial charge in [-0.2, -0.15) is 0 Å². The molecule has 1 N–H and O–H groups in total. The monoisotopic (exact) mass is 499 g/mol. The van der Waals surface area contributed by atoms with Crippen molar-refractivity contribution in [3.05, 3.63) is 0 Å². The third-order valence-corrected chi connectivity index (χ3v) is 11.4. The Morgan fingerprint density at radius 1 is 0.656 bits per heavy atom. The van der Waals surface area contributed by atoms with Crippen LogP contribution in [0.15, 0.2) is 0 Å². The van der Waals surface area contributed by atoms with E-state index in [4.69, 9.17) is 33.1 Å². The van der Waals surface area contributed by atoms with Gasteiger partial charge < -0.3 is 14.4 Å². The zero-order valence-electron chi connectivity index (χ0n) is 20.7. The zero-order chi connectivity index (χ0) is 22.7. The van der Waals surface area contributed by atoms with Crippen LogP contribution in [0.5, 0.6) is 0 Å². The van der Waals surface area contributed by atoms with Gasteiger partial charge in [0.2, 0.25) is 5.69 Å². The van der Waals surface area contributed by atoms with Gasteiger partial charge in [-0.05, 0) is 124 Å². The van der Waals surface area contributed by atoms with Crippen molar-refractivity contribution < 1.29 is 9.05 Å². The van der Waals surface area contributed by atoms with E-state index < -0.39 is 5.69 Å². The predicted molar refractivity (Wildman–Crippen MR) is 141 cm³/mol. The van der Waals surface area contributed by atoms with Crippen molar-refractivity contribution >= 4 is 29.7 Å². The van der Waals surface area contributed by atoms with E-state index in [0.717, 1.165) is 35.5 Å². The number of rotatable bonds is 6. The first-order valence-electron chi connectivity index (χ1n) is 13.5. The summed E-state index contributed by atoms with van der Waals surface area (Å²) in [6.07, 6.45) is 16.0. The Labute approximate surface area is 207 Å². The van der Waals surface area contributed by atoms with Gasteiger partial charge in [0.05, 0.1) is 11.2 Å². The molecule has 8 rings (SSSR count). The Balaban J connectivity index is 0.000000272. The molecule has 0 aliphatic heterocycles. The lowest BCUT2D eigenvalue weighted by Gasteiger charge is -2.59. The highest BCUT2D eigenvalue weighted by atomic mass is 32.9. The van der Waals surface area contributed by atoms with Crippen molar-refractivity contribution in [3.8, 4) is 0 Å². The van der Waals surface area contributed by atoms with E-state index in [0.29, 0.717) is 12.1 Å². The van der Waals surface area contributed by atoms with Crippen LogP contribution in [0.2, 0.25) is 0 Å². The molecule has 0 saturated heterocycles. The molecule has 0 aromatic rings. The van der Waals surface area contributed by atoms with Crippen LogP contribution >= 0.6 is 17.9 Å². The minimum Gasteiger partial charge on any atom is -0.315 e. The van der Waals surface area contributed by atoms with Gasteiger partial charge in [0.15, 0.2) is 0 Å². The van der Waals surface area contributed by atoms with Crippen molar-refractivity contribution in [1.29, 1.82) is 0 Å². The molecule has 184 valence electrons. The van der Waals surface area contributed by atoms with Gasteiger partial charge >= 0.3 is 0 Å². The maximum absolute atomic E-state index is 6.75. The molecule has 8 bridgehead atoms. The highest BCUT2D eigenvalue weighted by Crippen LogP contribution is 2.69. The van der Waals surface area contributed by atoms with Crippen molar-refractivity contribution in [3.63, 3.8) is 0 Å². The van der Waals surface area contributed by atoms with Crippen LogP contribution in [0, 0.1) is 35.5 Å². The molecule has 0 atom stereocenters. The number of nitrogens with one attached hydrogen (secondary N) is 1. The van der Waals surface area contributed by atoms with E-state index in [1.165, 1.54) is 77.0 Å². The maximum atomic E-state index is 6.75. The fourth-order valence-electron chi connectivity index (χ4n) is 9.46. The largest absolute Gasteiger partial charge is 0.315 e. The summed E-state index contributed by atoms with van der Waals surface area (Å²) >= 11 is 10.8. The van der Waals surface area contributed by atoms with Gasteiger partial charge in [0, 0.05) is 12.1 Å². The standard InChI is InChI=1S/C20H31O2PS2.C6H15N/c24-23(25,21-19-7-13-1-14(8-19)3-15(2-13)9-19)22-20-10-16-4-17(11-20)6-18(5-16)12-20;1-5(2)7-6(3)4/h13-18H,1-12H2,(H,24,25);5-7H,1-4H3. The second kappa shape index (κ2) is 9.07. The smallest absolute Gasteiger partial charge is 0.245 e. The number of hydrogen-bond acceptors (Lipinski definition) is 4. The number of hydrogen-bond donors (Lipinski definition) is 2. The summed E-state index contributed by atoms with van der Waals surface area (Å²) in [5.74, 6) is 5.30. The third kappa shape index (κ3) is 5.49. The Bertz CT molecular complexity index is 613. The molecule has 8 aliphatic carbocycles. The van der Waals surface area contributed by atoms with Gasteiger partial charge in [-0.15, -0.1) is 0 Å². The summed E-state index contributed by atoms with van der Waals surface area (Å²) in [4.78, 5) is 0. The van der Waals surface area contributed by atoms with Crippen LogP contribution in [-0.2, 0) is 20.9 Å². The summed E-state index contributed by atoms with van der Waals surface area (Å²) in [6, 6.07) is 1.25. The second-order valence-electron chi connectivity index (χ2n) is 13.3. The van der Waals surface area contributed by atoms with Crippen molar-refractivity contribution in [2.24, 2.45) is 35.5 Å². The van der Waals surface area contributed by atoms with Crippen LogP contribution in [0.3, 0.4) is 0 Å². The summed E-state index contributed by atoms with van der Waals surface area (Å²) in [6.45, 7) is 8.61. The summed E-state index contributed by atoms with van der Waals surface area (Å²) in [5.41, 5.74) is -2.42. The van der Waals surface area contributed by atoms with Gasteiger partial charge in [0.1, 0.15) is 0 Å². The lowest BCUT2D eigenvalue weighted by Crippen LogP contribution is -2.53. The Morgan fingerprint density at radius 2 is 0.906 bits per heavy atom. The molecule has 0 radical (unpaired) electrons. The normalized spacial score (nSPS) is 47.6. The quantitative estimate of drug-likeness (QED) is 0.292. The summed E-state index contributed by atoms with van der Waals surface area (Å²) in [5, 5.41) is 3.31. The average Bonchev–Trinajstić information content (AvgIpc) is 2.56. The lowest BCUT2D eigenvalue weighted by atomic mass is 9.54. The molecule has 0 aromatic carbocycles. The van der Waals surface area contributed by atoms with Crippen LogP contribution < -0.4 is 5.32 Å². The molecular weight excluding hydrogens is 453 g/mol. The first kappa shape index (κ1) is 24.6. The molecule has 0 spiro atoms. The fraction of sp³-hybridized carbons (Fsp3) is 1.00. The molecule has 8 fully saturated rings. The molecule has 0 heterocycles. The molecule has 32 heavy (non-hydrogen) atoms. The maximum Gasteiger partial charge on any atom is 0.245 e. The first-order valence-corrected chi connectivity index (χ1v) is 17.3. The van der Waals surface area contributed by atoms with Crippen LogP contribution in [0.4, 0.5) is 0 Å². The van der Waals surface area contributed by atoms with Crippen molar-refractivity contribution in [2.75, 3.05) is 0 Å². The topological polar surface area (TPSA) is 30.5 Å². The molecule has 6 heteroatoms. The van der Waals surface area contributed by atoms with Crippen LogP contribution in [0.25, 0.3) is 0 Å².